The molecule has 3 aromatic rings. The molecule has 3 rings (SSSR count). The lowest BCUT2D eigenvalue weighted by molar-refractivity contribution is 0.102. The van der Waals surface area contributed by atoms with E-state index in [1.54, 1.807) is 31.4 Å². The van der Waals surface area contributed by atoms with Gasteiger partial charge in [-0.1, -0.05) is 43.6 Å². The average molecular weight is 409 g/mol. The van der Waals surface area contributed by atoms with Crippen molar-refractivity contribution in [2.24, 2.45) is 0 Å². The summed E-state index contributed by atoms with van der Waals surface area (Å²) in [7, 11) is 1.68. The molecule has 0 aliphatic carbocycles. The molecule has 0 unspecified atom stereocenters. The Bertz CT molecular complexity index is 984. The van der Waals surface area contributed by atoms with Crippen molar-refractivity contribution < 1.29 is 9.53 Å². The fourth-order valence-electron chi connectivity index (χ4n) is 2.99. The van der Waals surface area contributed by atoms with Crippen molar-refractivity contribution in [2.45, 2.75) is 26.4 Å². The second-order valence-corrected chi connectivity index (χ2v) is 7.54. The molecule has 0 aliphatic heterocycles. The van der Waals surface area contributed by atoms with Crippen LogP contribution >= 0.6 is 11.6 Å². The second-order valence-electron chi connectivity index (χ2n) is 7.10. The largest absolute Gasteiger partial charge is 0.496 e. The normalized spacial score (nSPS) is 10.8. The van der Waals surface area contributed by atoms with Crippen molar-refractivity contribution in [1.82, 2.24) is 5.32 Å². The molecule has 0 heterocycles. The second kappa shape index (κ2) is 9.59. The minimum Gasteiger partial charge on any atom is -0.496 e. The zero-order valence-corrected chi connectivity index (χ0v) is 17.6. The Kier molecular flexibility index (Phi) is 6.91. The molecular formula is C24H25ClN2O2. The summed E-state index contributed by atoms with van der Waals surface area (Å²) in [6, 6.07) is 21.1. The molecule has 0 aromatic heterocycles. The predicted molar refractivity (Wildman–Crippen MR) is 120 cm³/mol. The molecule has 1 amide bonds. The number of halogens is 1. The lowest BCUT2D eigenvalue weighted by Gasteiger charge is -2.14. The SMILES string of the molecule is COc1ccc(-c2cccc(NC(=O)c3ccc(Cl)cc3)c2)cc1CNC(C)C. The molecule has 4 nitrogen and oxygen atoms in total. The van der Waals surface area contributed by atoms with E-state index in [4.69, 9.17) is 16.3 Å². The quantitative estimate of drug-likeness (QED) is 0.522. The van der Waals surface area contributed by atoms with Crippen LogP contribution in [0.4, 0.5) is 5.69 Å². The maximum Gasteiger partial charge on any atom is 0.255 e. The fourth-order valence-corrected chi connectivity index (χ4v) is 3.12. The highest BCUT2D eigenvalue weighted by Gasteiger charge is 2.09. The maximum absolute atomic E-state index is 12.5. The molecule has 0 saturated heterocycles. The van der Waals surface area contributed by atoms with Gasteiger partial charge in [-0.25, -0.2) is 0 Å². The van der Waals surface area contributed by atoms with E-state index in [0.29, 0.717) is 16.6 Å². The molecule has 0 radical (unpaired) electrons. The molecule has 150 valence electrons. The first-order valence-electron chi connectivity index (χ1n) is 9.54. The zero-order chi connectivity index (χ0) is 20.8. The summed E-state index contributed by atoms with van der Waals surface area (Å²) >= 11 is 5.89. The summed E-state index contributed by atoms with van der Waals surface area (Å²) in [5, 5.41) is 6.98. The van der Waals surface area contributed by atoms with Crippen molar-refractivity contribution in [1.29, 1.82) is 0 Å². The van der Waals surface area contributed by atoms with Gasteiger partial charge in [0.15, 0.2) is 0 Å². The number of hydrogen-bond donors (Lipinski definition) is 2. The van der Waals surface area contributed by atoms with E-state index in [1.807, 2.05) is 36.4 Å². The van der Waals surface area contributed by atoms with Crippen molar-refractivity contribution in [2.75, 3.05) is 12.4 Å². The molecule has 0 fully saturated rings. The Morgan fingerprint density at radius 3 is 2.41 bits per heavy atom. The third-order valence-corrected chi connectivity index (χ3v) is 4.79. The minimum absolute atomic E-state index is 0.171. The Hall–Kier alpha value is -2.82. The summed E-state index contributed by atoms with van der Waals surface area (Å²) in [4.78, 5) is 12.5. The number of nitrogens with one attached hydrogen (secondary N) is 2. The van der Waals surface area contributed by atoms with Gasteiger partial charge in [-0.3, -0.25) is 4.79 Å². The summed E-state index contributed by atoms with van der Waals surface area (Å²) in [6.45, 7) is 4.95. The molecule has 29 heavy (non-hydrogen) atoms. The molecule has 0 aliphatic rings. The van der Waals surface area contributed by atoms with Gasteiger partial charge in [0.2, 0.25) is 0 Å². The number of methoxy groups -OCH3 is 1. The van der Waals surface area contributed by atoms with Gasteiger partial charge in [-0.05, 0) is 59.7 Å². The van der Waals surface area contributed by atoms with Gasteiger partial charge in [0.1, 0.15) is 5.75 Å². The van der Waals surface area contributed by atoms with Gasteiger partial charge in [0.25, 0.3) is 5.91 Å². The lowest BCUT2D eigenvalue weighted by atomic mass is 10.0. The number of rotatable bonds is 7. The lowest BCUT2D eigenvalue weighted by Crippen LogP contribution is -2.22. The monoisotopic (exact) mass is 408 g/mol. The summed E-state index contributed by atoms with van der Waals surface area (Å²) < 4.78 is 5.50. The number of carbonyl (C=O) groups excluding carboxylic acids is 1. The van der Waals surface area contributed by atoms with Crippen LogP contribution in [0.2, 0.25) is 5.02 Å². The number of carbonyl (C=O) groups is 1. The van der Waals surface area contributed by atoms with Crippen LogP contribution in [0.5, 0.6) is 5.75 Å². The molecule has 5 heteroatoms. The topological polar surface area (TPSA) is 50.4 Å². The Morgan fingerprint density at radius 1 is 1.00 bits per heavy atom. The van der Waals surface area contributed by atoms with Gasteiger partial charge >= 0.3 is 0 Å². The van der Waals surface area contributed by atoms with E-state index in [2.05, 4.69) is 30.5 Å². The highest BCUT2D eigenvalue weighted by atomic mass is 35.5. The molecule has 3 aromatic carbocycles. The molecule has 0 spiro atoms. The number of amides is 1. The summed E-state index contributed by atoms with van der Waals surface area (Å²) in [5.74, 6) is 0.685. The van der Waals surface area contributed by atoms with Gasteiger partial charge in [-0.15, -0.1) is 0 Å². The zero-order valence-electron chi connectivity index (χ0n) is 16.8. The third kappa shape index (κ3) is 5.59. The van der Waals surface area contributed by atoms with E-state index in [-0.39, 0.29) is 5.91 Å². The van der Waals surface area contributed by atoms with Gasteiger partial charge in [0.05, 0.1) is 7.11 Å². The Balaban J connectivity index is 1.82. The van der Waals surface area contributed by atoms with Crippen LogP contribution in [0.1, 0.15) is 29.8 Å². The van der Waals surface area contributed by atoms with Crippen LogP contribution < -0.4 is 15.4 Å². The van der Waals surface area contributed by atoms with E-state index >= 15 is 0 Å². The van der Waals surface area contributed by atoms with Crippen molar-refractivity contribution in [3.8, 4) is 16.9 Å². The molecule has 0 atom stereocenters. The van der Waals surface area contributed by atoms with Crippen LogP contribution in [-0.2, 0) is 6.54 Å². The molecular weight excluding hydrogens is 384 g/mol. The van der Waals surface area contributed by atoms with E-state index in [1.165, 1.54) is 0 Å². The van der Waals surface area contributed by atoms with E-state index < -0.39 is 0 Å². The van der Waals surface area contributed by atoms with Crippen LogP contribution in [0, 0.1) is 0 Å². The summed E-state index contributed by atoms with van der Waals surface area (Å²) in [5.41, 5.74) is 4.47. The number of hydrogen-bond acceptors (Lipinski definition) is 3. The maximum atomic E-state index is 12.5. The third-order valence-electron chi connectivity index (χ3n) is 4.54. The number of ether oxygens (including phenoxy) is 1. The first-order valence-corrected chi connectivity index (χ1v) is 9.91. The van der Waals surface area contributed by atoms with Crippen LogP contribution in [0.15, 0.2) is 66.7 Å². The fraction of sp³-hybridized carbons (Fsp3) is 0.208. The smallest absolute Gasteiger partial charge is 0.255 e. The Labute approximate surface area is 176 Å². The number of anilines is 1. The van der Waals surface area contributed by atoms with Gasteiger partial charge in [0, 0.05) is 34.4 Å². The minimum atomic E-state index is -0.171. The Morgan fingerprint density at radius 2 is 1.72 bits per heavy atom. The van der Waals surface area contributed by atoms with Crippen molar-refractivity contribution >= 4 is 23.2 Å². The average Bonchev–Trinajstić information content (AvgIpc) is 2.72. The summed E-state index contributed by atoms with van der Waals surface area (Å²) in [6.07, 6.45) is 0. The van der Waals surface area contributed by atoms with Gasteiger partial charge in [-0.2, -0.15) is 0 Å². The molecule has 0 saturated carbocycles. The van der Waals surface area contributed by atoms with Gasteiger partial charge < -0.3 is 15.4 Å². The van der Waals surface area contributed by atoms with Crippen LogP contribution in [-0.4, -0.2) is 19.1 Å². The first-order chi connectivity index (χ1) is 14.0. The van der Waals surface area contributed by atoms with Crippen molar-refractivity contribution in [3.05, 3.63) is 82.9 Å². The highest BCUT2D eigenvalue weighted by Crippen LogP contribution is 2.28. The van der Waals surface area contributed by atoms with E-state index in [9.17, 15) is 4.79 Å². The van der Waals surface area contributed by atoms with Crippen LogP contribution in [0.25, 0.3) is 11.1 Å². The first kappa shape index (κ1) is 20.9. The van der Waals surface area contributed by atoms with E-state index in [0.717, 1.165) is 34.7 Å². The van der Waals surface area contributed by atoms with Crippen molar-refractivity contribution in [3.63, 3.8) is 0 Å². The highest BCUT2D eigenvalue weighted by molar-refractivity contribution is 6.30. The number of benzene rings is 3. The van der Waals surface area contributed by atoms with Crippen LogP contribution in [0.3, 0.4) is 0 Å². The predicted octanol–water partition coefficient (Wildman–Crippen LogP) is 5.77. The standard InChI is InChI=1S/C24H25ClN2O2/c1-16(2)26-15-20-13-19(9-12-23(20)29-3)18-5-4-6-22(14-18)27-24(28)17-7-10-21(25)11-8-17/h4-14,16,26H,15H2,1-3H3,(H,27,28). The molecule has 2 N–H and O–H groups in total. The molecule has 0 bridgehead atoms.